The van der Waals surface area contributed by atoms with Gasteiger partial charge in [0.05, 0.1) is 5.02 Å². The van der Waals surface area contributed by atoms with Crippen LogP contribution >= 0.6 is 11.6 Å². The van der Waals surface area contributed by atoms with E-state index in [0.29, 0.717) is 17.4 Å². The van der Waals surface area contributed by atoms with Gasteiger partial charge < -0.3 is 14.3 Å². The van der Waals surface area contributed by atoms with Gasteiger partial charge in [-0.2, -0.15) is 0 Å². The Kier molecular flexibility index (Phi) is 3.99. The molecule has 0 amide bonds. The number of carboxylic acid groups (broad SMARTS) is 1. The van der Waals surface area contributed by atoms with Crippen molar-refractivity contribution >= 4 is 28.5 Å². The number of carboxylic acids is 1. The molecule has 0 spiro atoms. The predicted octanol–water partition coefficient (Wildman–Crippen LogP) is 2.86. The molecule has 2 rings (SSSR count). The van der Waals surface area contributed by atoms with Gasteiger partial charge in [-0.25, -0.2) is 9.59 Å². The zero-order chi connectivity index (χ0) is 14.9. The second-order valence-corrected chi connectivity index (χ2v) is 4.73. The minimum Gasteiger partial charge on any atom is -0.479 e. The van der Waals surface area contributed by atoms with Gasteiger partial charge in [-0.15, -0.1) is 0 Å². The first-order chi connectivity index (χ1) is 9.42. The number of benzene rings is 1. The fourth-order valence-electron chi connectivity index (χ4n) is 1.85. The van der Waals surface area contributed by atoms with Crippen molar-refractivity contribution in [2.24, 2.45) is 0 Å². The molecule has 0 fully saturated rings. The van der Waals surface area contributed by atoms with E-state index in [1.165, 1.54) is 19.1 Å². The van der Waals surface area contributed by atoms with Gasteiger partial charge in [-0.3, -0.25) is 0 Å². The highest BCUT2D eigenvalue weighted by Crippen LogP contribution is 2.32. The highest BCUT2D eigenvalue weighted by molar-refractivity contribution is 6.32. The number of hydrogen-bond donors (Lipinski definition) is 1. The van der Waals surface area contributed by atoms with Gasteiger partial charge in [-0.1, -0.05) is 18.5 Å². The van der Waals surface area contributed by atoms with Crippen molar-refractivity contribution < 1.29 is 19.1 Å². The lowest BCUT2D eigenvalue weighted by Crippen LogP contribution is -2.23. The molecular formula is C14H13ClO5. The summed E-state index contributed by atoms with van der Waals surface area (Å²) in [6.07, 6.45) is -0.393. The number of carbonyl (C=O) groups is 1. The molecule has 1 aromatic heterocycles. The van der Waals surface area contributed by atoms with Gasteiger partial charge in [-0.05, 0) is 25.0 Å². The first-order valence-corrected chi connectivity index (χ1v) is 6.46. The zero-order valence-electron chi connectivity index (χ0n) is 11.0. The molecule has 0 bridgehead atoms. The summed E-state index contributed by atoms with van der Waals surface area (Å²) in [7, 11) is 0. The smallest absolute Gasteiger partial charge is 0.344 e. The van der Waals surface area contributed by atoms with Crippen LogP contribution < -0.4 is 10.4 Å². The summed E-state index contributed by atoms with van der Waals surface area (Å²) in [5.74, 6) is -0.935. The number of fused-ring (bicyclic) bond motifs is 1. The Labute approximate surface area is 119 Å². The molecule has 1 atom stereocenters. The lowest BCUT2D eigenvalue weighted by Gasteiger charge is -2.13. The predicted molar refractivity (Wildman–Crippen MR) is 74.6 cm³/mol. The fourth-order valence-corrected chi connectivity index (χ4v) is 2.06. The quantitative estimate of drug-likeness (QED) is 0.878. The largest absolute Gasteiger partial charge is 0.479 e. The van der Waals surface area contributed by atoms with E-state index >= 15 is 0 Å². The van der Waals surface area contributed by atoms with Crippen LogP contribution in [0.2, 0.25) is 5.02 Å². The Balaban J connectivity index is 2.57. The molecule has 1 N–H and O–H groups in total. The van der Waals surface area contributed by atoms with E-state index in [1.807, 2.05) is 6.92 Å². The zero-order valence-corrected chi connectivity index (χ0v) is 11.7. The van der Waals surface area contributed by atoms with Crippen molar-refractivity contribution in [3.63, 3.8) is 0 Å². The van der Waals surface area contributed by atoms with Crippen LogP contribution in [-0.4, -0.2) is 17.2 Å². The molecule has 0 aliphatic rings. The third kappa shape index (κ3) is 2.77. The van der Waals surface area contributed by atoms with Crippen LogP contribution in [0.3, 0.4) is 0 Å². The summed E-state index contributed by atoms with van der Waals surface area (Å²) in [6, 6.07) is 4.47. The fraction of sp³-hybridized carbons (Fsp3) is 0.286. The summed E-state index contributed by atoms with van der Waals surface area (Å²) in [5, 5.41) is 9.82. The van der Waals surface area contributed by atoms with E-state index in [9.17, 15) is 9.59 Å². The number of hydrogen-bond acceptors (Lipinski definition) is 4. The van der Waals surface area contributed by atoms with Crippen LogP contribution in [0.4, 0.5) is 0 Å². The van der Waals surface area contributed by atoms with E-state index in [2.05, 4.69) is 0 Å². The molecule has 5 nitrogen and oxygen atoms in total. The van der Waals surface area contributed by atoms with Crippen LogP contribution in [0, 0.1) is 0 Å². The topological polar surface area (TPSA) is 76.7 Å². The molecule has 6 heteroatoms. The van der Waals surface area contributed by atoms with Crippen LogP contribution in [0.5, 0.6) is 5.75 Å². The normalized spacial score (nSPS) is 12.3. The van der Waals surface area contributed by atoms with Gasteiger partial charge >= 0.3 is 11.6 Å². The first kappa shape index (κ1) is 14.4. The van der Waals surface area contributed by atoms with Gasteiger partial charge in [0.25, 0.3) is 0 Å². The van der Waals surface area contributed by atoms with Crippen molar-refractivity contribution in [3.8, 4) is 5.75 Å². The van der Waals surface area contributed by atoms with Crippen LogP contribution in [-0.2, 0) is 11.2 Å². The van der Waals surface area contributed by atoms with Crippen molar-refractivity contribution in [3.05, 3.63) is 39.2 Å². The number of halogens is 1. The van der Waals surface area contributed by atoms with Crippen molar-refractivity contribution in [2.75, 3.05) is 0 Å². The standard InChI is InChI=1S/C14H13ClO5/c1-3-8-4-13(16)20-11-6-12(10(15)5-9(8)11)19-7(2)14(17)18/h4-7H,3H2,1-2H3,(H,17,18)/t7-/m0/s1. The molecule has 0 unspecified atom stereocenters. The number of aliphatic carboxylic acids is 1. The minimum atomic E-state index is -1.11. The molecule has 20 heavy (non-hydrogen) atoms. The lowest BCUT2D eigenvalue weighted by atomic mass is 10.1. The number of rotatable bonds is 4. The molecule has 1 aromatic carbocycles. The Morgan fingerprint density at radius 1 is 1.45 bits per heavy atom. The third-order valence-corrected chi connectivity index (χ3v) is 3.21. The average Bonchev–Trinajstić information content (AvgIpc) is 2.39. The maximum Gasteiger partial charge on any atom is 0.344 e. The summed E-state index contributed by atoms with van der Waals surface area (Å²) in [5.41, 5.74) is 0.677. The molecule has 0 saturated heterocycles. The first-order valence-electron chi connectivity index (χ1n) is 6.08. The van der Waals surface area contributed by atoms with E-state index in [4.69, 9.17) is 25.9 Å². The van der Waals surface area contributed by atoms with Crippen molar-refractivity contribution in [1.82, 2.24) is 0 Å². The highest BCUT2D eigenvalue weighted by Gasteiger charge is 2.16. The lowest BCUT2D eigenvalue weighted by molar-refractivity contribution is -0.144. The van der Waals surface area contributed by atoms with Crippen LogP contribution in [0.1, 0.15) is 19.4 Å². The Bertz CT molecular complexity index is 719. The second kappa shape index (κ2) is 5.54. The molecule has 2 aromatic rings. The molecule has 1 heterocycles. The molecule has 0 saturated carbocycles. The second-order valence-electron chi connectivity index (χ2n) is 4.32. The minimum absolute atomic E-state index is 0.172. The Hall–Kier alpha value is -2.01. The van der Waals surface area contributed by atoms with E-state index in [0.717, 1.165) is 5.56 Å². The molecule has 0 aliphatic heterocycles. The SMILES string of the molecule is CCc1cc(=O)oc2cc(O[C@@H](C)C(=O)O)c(Cl)cc12. The van der Waals surface area contributed by atoms with E-state index < -0.39 is 17.7 Å². The third-order valence-electron chi connectivity index (χ3n) is 2.92. The van der Waals surface area contributed by atoms with Crippen molar-refractivity contribution in [1.29, 1.82) is 0 Å². The molecule has 0 radical (unpaired) electrons. The van der Waals surface area contributed by atoms with Gasteiger partial charge in [0.1, 0.15) is 11.3 Å². The molecule has 106 valence electrons. The summed E-state index contributed by atoms with van der Waals surface area (Å²) < 4.78 is 10.3. The summed E-state index contributed by atoms with van der Waals surface area (Å²) in [4.78, 5) is 22.2. The van der Waals surface area contributed by atoms with E-state index in [-0.39, 0.29) is 10.8 Å². The van der Waals surface area contributed by atoms with E-state index in [1.54, 1.807) is 6.07 Å². The number of ether oxygens (including phenoxy) is 1. The maximum absolute atomic E-state index is 11.5. The van der Waals surface area contributed by atoms with Gasteiger partial charge in [0, 0.05) is 17.5 Å². The summed E-state index contributed by atoms with van der Waals surface area (Å²) >= 11 is 6.08. The summed E-state index contributed by atoms with van der Waals surface area (Å²) in [6.45, 7) is 3.31. The van der Waals surface area contributed by atoms with Crippen LogP contribution in [0.25, 0.3) is 11.0 Å². The van der Waals surface area contributed by atoms with Gasteiger partial charge in [0.15, 0.2) is 6.10 Å². The molecular weight excluding hydrogens is 284 g/mol. The highest BCUT2D eigenvalue weighted by atomic mass is 35.5. The molecule has 0 aliphatic carbocycles. The van der Waals surface area contributed by atoms with Gasteiger partial charge in [0.2, 0.25) is 0 Å². The van der Waals surface area contributed by atoms with Crippen LogP contribution in [0.15, 0.2) is 27.4 Å². The maximum atomic E-state index is 11.5. The average molecular weight is 297 g/mol. The van der Waals surface area contributed by atoms with Crippen molar-refractivity contribution in [2.45, 2.75) is 26.4 Å². The number of aryl methyl sites for hydroxylation is 1. The Morgan fingerprint density at radius 3 is 2.75 bits per heavy atom. The monoisotopic (exact) mass is 296 g/mol. The Morgan fingerprint density at radius 2 is 2.15 bits per heavy atom.